The van der Waals surface area contributed by atoms with Crippen molar-refractivity contribution in [2.24, 2.45) is 0 Å². The maximum atomic E-state index is 10.9. The number of ether oxygens (including phenoxy) is 3. The van der Waals surface area contributed by atoms with Crippen LogP contribution in [0.1, 0.15) is 5.56 Å². The molecule has 0 radical (unpaired) electrons. The summed E-state index contributed by atoms with van der Waals surface area (Å²) in [6.07, 6.45) is -1.24. The van der Waals surface area contributed by atoms with Gasteiger partial charge in [-0.15, -0.1) is 11.6 Å². The Balaban J connectivity index is 2.26. The van der Waals surface area contributed by atoms with Crippen LogP contribution in [0.15, 0.2) is 30.3 Å². The van der Waals surface area contributed by atoms with Gasteiger partial charge in [-0.2, -0.15) is 0 Å². The van der Waals surface area contributed by atoms with Gasteiger partial charge in [-0.25, -0.2) is 4.79 Å². The highest BCUT2D eigenvalue weighted by Gasteiger charge is 2.13. The lowest BCUT2D eigenvalue weighted by Gasteiger charge is -2.14. The second kappa shape index (κ2) is 7.92. The first-order valence-corrected chi connectivity index (χ1v) is 5.72. The number of carbonyl (C=O) groups is 1. The van der Waals surface area contributed by atoms with Gasteiger partial charge in [-0.3, -0.25) is 0 Å². The average molecular weight is 259 g/mol. The molecule has 0 saturated carbocycles. The molecule has 17 heavy (non-hydrogen) atoms. The number of alkyl halides is 1. The molecule has 0 N–H and O–H groups in total. The SMILES string of the molecule is COC(=O)OC(CCl)COCc1ccccc1. The predicted molar refractivity (Wildman–Crippen MR) is 64.1 cm³/mol. The smallest absolute Gasteiger partial charge is 0.438 e. The summed E-state index contributed by atoms with van der Waals surface area (Å²) in [5.74, 6) is 0.171. The Labute approximate surface area is 105 Å². The summed E-state index contributed by atoms with van der Waals surface area (Å²) in [5, 5.41) is 0. The molecule has 1 unspecified atom stereocenters. The van der Waals surface area contributed by atoms with Crippen LogP contribution in [0.4, 0.5) is 4.79 Å². The zero-order chi connectivity index (χ0) is 12.5. The van der Waals surface area contributed by atoms with E-state index in [1.807, 2.05) is 30.3 Å². The number of rotatable bonds is 6. The Morgan fingerprint density at radius 3 is 2.65 bits per heavy atom. The van der Waals surface area contributed by atoms with E-state index in [-0.39, 0.29) is 12.5 Å². The van der Waals surface area contributed by atoms with Gasteiger partial charge in [0.2, 0.25) is 0 Å². The van der Waals surface area contributed by atoms with Crippen molar-refractivity contribution in [2.75, 3.05) is 19.6 Å². The lowest BCUT2D eigenvalue weighted by molar-refractivity contribution is -0.00441. The highest BCUT2D eigenvalue weighted by atomic mass is 35.5. The summed E-state index contributed by atoms with van der Waals surface area (Å²) in [5.41, 5.74) is 1.05. The van der Waals surface area contributed by atoms with E-state index >= 15 is 0 Å². The Hall–Kier alpha value is -1.26. The summed E-state index contributed by atoms with van der Waals surface area (Å²) in [7, 11) is 1.25. The molecule has 0 aromatic heterocycles. The minimum atomic E-state index is -0.751. The van der Waals surface area contributed by atoms with E-state index in [1.165, 1.54) is 7.11 Å². The van der Waals surface area contributed by atoms with Gasteiger partial charge in [-0.05, 0) is 5.56 Å². The zero-order valence-corrected chi connectivity index (χ0v) is 10.4. The Bertz CT molecular complexity index is 329. The molecule has 0 amide bonds. The normalized spacial score (nSPS) is 11.9. The Kier molecular flexibility index (Phi) is 6.43. The Morgan fingerprint density at radius 1 is 1.35 bits per heavy atom. The summed E-state index contributed by atoms with van der Waals surface area (Å²) in [6.45, 7) is 0.701. The topological polar surface area (TPSA) is 44.8 Å². The number of benzene rings is 1. The highest BCUT2D eigenvalue weighted by Crippen LogP contribution is 2.04. The molecule has 0 bridgehead atoms. The van der Waals surface area contributed by atoms with Gasteiger partial charge in [0, 0.05) is 0 Å². The van der Waals surface area contributed by atoms with E-state index in [1.54, 1.807) is 0 Å². The van der Waals surface area contributed by atoms with Gasteiger partial charge >= 0.3 is 6.16 Å². The fourth-order valence-electron chi connectivity index (χ4n) is 1.18. The quantitative estimate of drug-likeness (QED) is 0.581. The molecule has 0 aliphatic rings. The van der Waals surface area contributed by atoms with E-state index in [0.717, 1.165) is 5.56 Å². The van der Waals surface area contributed by atoms with Gasteiger partial charge in [0.05, 0.1) is 26.2 Å². The molecular formula is C12H15ClO4. The highest BCUT2D eigenvalue weighted by molar-refractivity contribution is 6.18. The van der Waals surface area contributed by atoms with Crippen LogP contribution in [0.2, 0.25) is 0 Å². The molecule has 0 heterocycles. The van der Waals surface area contributed by atoms with Crippen LogP contribution in [0.5, 0.6) is 0 Å². The molecule has 1 atom stereocenters. The van der Waals surface area contributed by atoms with E-state index in [0.29, 0.717) is 6.61 Å². The molecule has 0 aliphatic heterocycles. The fourth-order valence-corrected chi connectivity index (χ4v) is 1.33. The van der Waals surface area contributed by atoms with Gasteiger partial charge in [-0.1, -0.05) is 30.3 Å². The third kappa shape index (κ3) is 5.56. The molecule has 0 saturated heterocycles. The van der Waals surface area contributed by atoms with Crippen molar-refractivity contribution in [1.29, 1.82) is 0 Å². The number of hydrogen-bond acceptors (Lipinski definition) is 4. The maximum absolute atomic E-state index is 10.9. The van der Waals surface area contributed by atoms with Crippen molar-refractivity contribution in [3.05, 3.63) is 35.9 Å². The fraction of sp³-hybridized carbons (Fsp3) is 0.417. The van der Waals surface area contributed by atoms with E-state index in [2.05, 4.69) is 4.74 Å². The number of halogens is 1. The van der Waals surface area contributed by atoms with Crippen LogP contribution in [-0.2, 0) is 20.8 Å². The van der Waals surface area contributed by atoms with Gasteiger partial charge in [0.25, 0.3) is 0 Å². The molecule has 1 aromatic rings. The van der Waals surface area contributed by atoms with Crippen LogP contribution < -0.4 is 0 Å². The third-order valence-electron chi connectivity index (χ3n) is 2.02. The van der Waals surface area contributed by atoms with Gasteiger partial charge in [0.1, 0.15) is 6.10 Å². The molecule has 1 aromatic carbocycles. The van der Waals surface area contributed by atoms with Gasteiger partial charge in [0.15, 0.2) is 0 Å². The molecular weight excluding hydrogens is 244 g/mol. The molecule has 0 spiro atoms. The van der Waals surface area contributed by atoms with E-state index in [4.69, 9.17) is 21.1 Å². The third-order valence-corrected chi connectivity index (χ3v) is 2.36. The van der Waals surface area contributed by atoms with Crippen molar-refractivity contribution in [3.8, 4) is 0 Å². The molecule has 1 rings (SSSR count). The molecule has 0 aliphatic carbocycles. The van der Waals surface area contributed by atoms with Gasteiger partial charge < -0.3 is 14.2 Å². The first kappa shape index (κ1) is 13.8. The monoisotopic (exact) mass is 258 g/mol. The predicted octanol–water partition coefficient (Wildman–Crippen LogP) is 2.59. The second-order valence-electron chi connectivity index (χ2n) is 3.35. The first-order chi connectivity index (χ1) is 8.26. The van der Waals surface area contributed by atoms with Crippen molar-refractivity contribution < 1.29 is 19.0 Å². The standard InChI is InChI=1S/C12H15ClO4/c1-15-12(14)17-11(7-13)9-16-8-10-5-3-2-4-6-10/h2-6,11H,7-9H2,1H3. The summed E-state index contributed by atoms with van der Waals surface area (Å²) >= 11 is 5.64. The number of hydrogen-bond donors (Lipinski definition) is 0. The van der Waals surface area contributed by atoms with Crippen LogP contribution >= 0.6 is 11.6 Å². The maximum Gasteiger partial charge on any atom is 0.508 e. The lowest BCUT2D eigenvalue weighted by atomic mass is 10.2. The second-order valence-corrected chi connectivity index (χ2v) is 3.66. The van der Waals surface area contributed by atoms with Crippen LogP contribution in [0.3, 0.4) is 0 Å². The minimum absolute atomic E-state index is 0.171. The molecule has 94 valence electrons. The lowest BCUT2D eigenvalue weighted by Crippen LogP contribution is -2.25. The zero-order valence-electron chi connectivity index (χ0n) is 9.60. The van der Waals surface area contributed by atoms with E-state index in [9.17, 15) is 4.79 Å². The molecule has 0 fully saturated rings. The Morgan fingerprint density at radius 2 is 2.06 bits per heavy atom. The van der Waals surface area contributed by atoms with Crippen LogP contribution in [-0.4, -0.2) is 31.9 Å². The van der Waals surface area contributed by atoms with Crippen LogP contribution in [0, 0.1) is 0 Å². The van der Waals surface area contributed by atoms with Crippen molar-refractivity contribution in [2.45, 2.75) is 12.7 Å². The summed E-state index contributed by atoms with van der Waals surface area (Å²) in [4.78, 5) is 10.9. The van der Waals surface area contributed by atoms with Crippen molar-refractivity contribution in [1.82, 2.24) is 0 Å². The number of carbonyl (C=O) groups excluding carboxylic acids is 1. The number of methoxy groups -OCH3 is 1. The van der Waals surface area contributed by atoms with Crippen molar-refractivity contribution >= 4 is 17.8 Å². The molecule has 5 heteroatoms. The van der Waals surface area contributed by atoms with Crippen LogP contribution in [0.25, 0.3) is 0 Å². The minimum Gasteiger partial charge on any atom is -0.438 e. The first-order valence-electron chi connectivity index (χ1n) is 5.18. The molecule has 4 nitrogen and oxygen atoms in total. The average Bonchev–Trinajstić information content (AvgIpc) is 2.38. The van der Waals surface area contributed by atoms with Crippen molar-refractivity contribution in [3.63, 3.8) is 0 Å². The summed E-state index contributed by atoms with van der Waals surface area (Å²) in [6, 6.07) is 9.71. The largest absolute Gasteiger partial charge is 0.508 e. The summed E-state index contributed by atoms with van der Waals surface area (Å²) < 4.78 is 14.6. The van der Waals surface area contributed by atoms with E-state index < -0.39 is 12.3 Å².